The van der Waals surface area contributed by atoms with E-state index in [1.807, 2.05) is 35.2 Å². The number of benzene rings is 2. The molecule has 1 N–H and O–H groups in total. The van der Waals surface area contributed by atoms with Crippen molar-refractivity contribution >= 4 is 35.0 Å². The highest BCUT2D eigenvalue weighted by atomic mass is 32.1. The summed E-state index contributed by atoms with van der Waals surface area (Å²) in [5.41, 5.74) is 4.58. The van der Waals surface area contributed by atoms with Crippen molar-refractivity contribution in [1.82, 2.24) is 14.7 Å². The van der Waals surface area contributed by atoms with Crippen molar-refractivity contribution in [2.75, 3.05) is 44.6 Å². The summed E-state index contributed by atoms with van der Waals surface area (Å²) < 4.78 is 5.29. The van der Waals surface area contributed by atoms with E-state index < -0.39 is 6.09 Å². The maximum atomic E-state index is 13.2. The van der Waals surface area contributed by atoms with Gasteiger partial charge < -0.3 is 19.9 Å². The Balaban J connectivity index is 1.15. The first-order chi connectivity index (χ1) is 17.3. The molecule has 0 aromatic heterocycles. The highest BCUT2D eigenvalue weighted by Gasteiger charge is 2.44. The predicted octanol–water partition coefficient (Wildman–Crippen LogP) is 4.51. The molecule has 0 aliphatic carbocycles. The van der Waals surface area contributed by atoms with E-state index in [4.69, 9.17) is 17.0 Å². The molecule has 0 radical (unpaired) electrons. The Hall–Kier alpha value is -3.13. The first kappa shape index (κ1) is 24.6. The molecule has 3 aliphatic heterocycles. The number of piperidine rings is 1. The molecule has 36 heavy (non-hydrogen) atoms. The number of hydrogen-bond acceptors (Lipinski definition) is 4. The third-order valence-corrected chi connectivity index (χ3v) is 8.20. The maximum Gasteiger partial charge on any atom is 0.410 e. The summed E-state index contributed by atoms with van der Waals surface area (Å²) >= 11 is 5.71. The quantitative estimate of drug-likeness (QED) is 0.616. The van der Waals surface area contributed by atoms with Gasteiger partial charge in [0.2, 0.25) is 5.91 Å². The number of carbonyl (C=O) groups excluding carboxylic acids is 2. The smallest absolute Gasteiger partial charge is 0.410 e. The Morgan fingerprint density at radius 1 is 1.03 bits per heavy atom. The minimum atomic E-state index is -0.413. The van der Waals surface area contributed by atoms with Gasteiger partial charge in [0.05, 0.1) is 6.04 Å². The van der Waals surface area contributed by atoms with Crippen LogP contribution in [-0.4, -0.2) is 71.1 Å². The van der Waals surface area contributed by atoms with Crippen molar-refractivity contribution in [2.24, 2.45) is 5.41 Å². The van der Waals surface area contributed by atoms with Gasteiger partial charge in [0.15, 0.2) is 5.11 Å². The number of ether oxygens (including phenoxy) is 1. The fourth-order valence-electron chi connectivity index (χ4n) is 5.81. The number of thiocarbonyl (C=S) groups is 1. The van der Waals surface area contributed by atoms with Gasteiger partial charge in [-0.15, -0.1) is 0 Å². The fourth-order valence-corrected chi connectivity index (χ4v) is 6.11. The molecule has 8 heteroatoms. The third-order valence-electron chi connectivity index (χ3n) is 7.84. The summed E-state index contributed by atoms with van der Waals surface area (Å²) in [4.78, 5) is 31.4. The number of nitrogens with one attached hydrogen (secondary N) is 1. The van der Waals surface area contributed by atoms with Crippen molar-refractivity contribution in [2.45, 2.75) is 39.2 Å². The number of cyclic esters (lactones) is 1. The molecule has 0 bridgehead atoms. The molecule has 3 heterocycles. The van der Waals surface area contributed by atoms with Crippen LogP contribution >= 0.6 is 12.2 Å². The van der Waals surface area contributed by atoms with E-state index in [1.54, 1.807) is 4.90 Å². The van der Waals surface area contributed by atoms with Gasteiger partial charge in [-0.1, -0.05) is 36.4 Å². The first-order valence-electron chi connectivity index (χ1n) is 12.7. The van der Waals surface area contributed by atoms with Crippen molar-refractivity contribution in [1.29, 1.82) is 0 Å². The monoisotopic (exact) mass is 506 g/mol. The van der Waals surface area contributed by atoms with E-state index in [2.05, 4.69) is 42.3 Å². The second kappa shape index (κ2) is 10.1. The van der Waals surface area contributed by atoms with Gasteiger partial charge in [-0.3, -0.25) is 9.69 Å². The lowest BCUT2D eigenvalue weighted by Crippen LogP contribution is -2.47. The molecule has 7 nitrogen and oxygen atoms in total. The molecule has 3 saturated heterocycles. The minimum absolute atomic E-state index is 0.00101. The molecule has 3 aliphatic rings. The lowest BCUT2D eigenvalue weighted by Gasteiger charge is -2.40. The maximum absolute atomic E-state index is 13.2. The van der Waals surface area contributed by atoms with Gasteiger partial charge in [0.25, 0.3) is 0 Å². The number of likely N-dealkylation sites (tertiary alicyclic amines) is 2. The highest BCUT2D eigenvalue weighted by Crippen LogP contribution is 2.41. The summed E-state index contributed by atoms with van der Waals surface area (Å²) in [5.74, 6) is 0.00101. The van der Waals surface area contributed by atoms with Crippen molar-refractivity contribution in [3.63, 3.8) is 0 Å². The molecule has 2 amide bonds. The molecule has 0 unspecified atom stereocenters. The molecular weight excluding hydrogens is 472 g/mol. The van der Waals surface area contributed by atoms with Crippen molar-refractivity contribution in [3.05, 3.63) is 65.2 Å². The van der Waals surface area contributed by atoms with Crippen LogP contribution in [0.15, 0.2) is 48.5 Å². The van der Waals surface area contributed by atoms with Gasteiger partial charge in [0, 0.05) is 31.9 Å². The van der Waals surface area contributed by atoms with Crippen LogP contribution in [0.3, 0.4) is 0 Å². The van der Waals surface area contributed by atoms with Crippen LogP contribution in [0, 0.1) is 19.3 Å². The Kier molecular flexibility index (Phi) is 6.88. The predicted molar refractivity (Wildman–Crippen MR) is 144 cm³/mol. The number of hydrogen-bond donors (Lipinski definition) is 1. The van der Waals surface area contributed by atoms with E-state index in [1.165, 1.54) is 11.1 Å². The molecular formula is C28H34N4O3S. The zero-order valence-corrected chi connectivity index (χ0v) is 21.9. The average Bonchev–Trinajstić information content (AvgIpc) is 3.43. The van der Waals surface area contributed by atoms with Crippen molar-refractivity contribution in [3.8, 4) is 0 Å². The standard InChI is InChI=1S/C28H34N4O3S/c1-20-14-21(2)16-23(15-20)29-26(36)30-11-8-28(9-12-30)10-13-31(19-28)25(33)17-32-24(18-35-27(32)34)22-6-4-3-5-7-22/h3-7,14-16,24H,8-13,17-19H2,1-2H3,(H,29,36)/t24-/m1/s1. The number of carbonyl (C=O) groups is 2. The number of nitrogens with zero attached hydrogens (tertiary/aromatic N) is 3. The summed E-state index contributed by atoms with van der Waals surface area (Å²) in [5, 5.41) is 4.17. The van der Waals surface area contributed by atoms with Gasteiger partial charge >= 0.3 is 6.09 Å². The number of amides is 2. The normalized spacial score (nSPS) is 21.1. The van der Waals surface area contributed by atoms with Crippen LogP contribution < -0.4 is 5.32 Å². The molecule has 190 valence electrons. The van der Waals surface area contributed by atoms with E-state index in [0.29, 0.717) is 0 Å². The molecule has 0 saturated carbocycles. The summed E-state index contributed by atoms with van der Waals surface area (Å²) in [6.07, 6.45) is 2.59. The first-order valence-corrected chi connectivity index (χ1v) is 13.1. The van der Waals surface area contributed by atoms with Crippen LogP contribution in [0.5, 0.6) is 0 Å². The van der Waals surface area contributed by atoms with E-state index in [0.717, 1.165) is 61.8 Å². The van der Waals surface area contributed by atoms with E-state index in [9.17, 15) is 9.59 Å². The van der Waals surface area contributed by atoms with Gasteiger partial charge in [0.1, 0.15) is 13.2 Å². The SMILES string of the molecule is Cc1cc(C)cc(NC(=S)N2CCC3(CCN(C(=O)CN4C(=O)OC[C@@H]4c4ccccc4)C3)CC2)c1. The third kappa shape index (κ3) is 5.19. The van der Waals surface area contributed by atoms with Crippen LogP contribution in [-0.2, 0) is 9.53 Å². The molecule has 2 aromatic carbocycles. The largest absolute Gasteiger partial charge is 0.447 e. The molecule has 5 rings (SSSR count). The topological polar surface area (TPSA) is 65.1 Å². The van der Waals surface area contributed by atoms with Gasteiger partial charge in [-0.2, -0.15) is 0 Å². The number of rotatable bonds is 4. The number of anilines is 1. The molecule has 1 atom stereocenters. The average molecular weight is 507 g/mol. The van der Waals surface area contributed by atoms with Crippen LogP contribution in [0.2, 0.25) is 0 Å². The Morgan fingerprint density at radius 2 is 1.67 bits per heavy atom. The molecule has 3 fully saturated rings. The van der Waals surface area contributed by atoms with E-state index in [-0.39, 0.29) is 30.5 Å². The van der Waals surface area contributed by atoms with Gasteiger partial charge in [-0.25, -0.2) is 4.79 Å². The van der Waals surface area contributed by atoms with Crippen LogP contribution in [0.25, 0.3) is 0 Å². The fraction of sp³-hybridized carbons (Fsp3) is 0.464. The zero-order chi connectivity index (χ0) is 25.3. The minimum Gasteiger partial charge on any atom is -0.447 e. The lowest BCUT2D eigenvalue weighted by molar-refractivity contribution is -0.131. The second-order valence-electron chi connectivity index (χ2n) is 10.5. The Labute approximate surface area is 218 Å². The van der Waals surface area contributed by atoms with Crippen LogP contribution in [0.1, 0.15) is 42.0 Å². The summed E-state index contributed by atoms with van der Waals surface area (Å²) in [7, 11) is 0. The molecule has 1 spiro atoms. The zero-order valence-electron chi connectivity index (χ0n) is 21.0. The van der Waals surface area contributed by atoms with E-state index >= 15 is 0 Å². The molecule has 2 aromatic rings. The summed E-state index contributed by atoms with van der Waals surface area (Å²) in [6, 6.07) is 15.9. The lowest BCUT2D eigenvalue weighted by atomic mass is 9.78. The van der Waals surface area contributed by atoms with Crippen molar-refractivity contribution < 1.29 is 14.3 Å². The Morgan fingerprint density at radius 3 is 2.33 bits per heavy atom. The van der Waals surface area contributed by atoms with Crippen LogP contribution in [0.4, 0.5) is 10.5 Å². The highest BCUT2D eigenvalue weighted by molar-refractivity contribution is 7.80. The second-order valence-corrected chi connectivity index (χ2v) is 10.9. The Bertz CT molecular complexity index is 1130. The van der Waals surface area contributed by atoms with Gasteiger partial charge in [-0.05, 0) is 79.6 Å². The summed E-state index contributed by atoms with van der Waals surface area (Å²) in [6.45, 7) is 7.77. The number of aryl methyl sites for hydroxylation is 2.